The zero-order valence-corrected chi connectivity index (χ0v) is 9.42. The number of non-ortho nitro benzene ring substituents is 1. The number of hydrogen-bond acceptors (Lipinski definition) is 4. The molecule has 5 heteroatoms. The molecule has 2 rings (SSSR count). The Morgan fingerprint density at radius 2 is 2.24 bits per heavy atom. The fourth-order valence-electron chi connectivity index (χ4n) is 1.59. The van der Waals surface area contributed by atoms with Crippen molar-refractivity contribution in [3.8, 4) is 0 Å². The van der Waals surface area contributed by atoms with Crippen LogP contribution in [0.2, 0.25) is 0 Å². The first-order valence-electron chi connectivity index (χ1n) is 5.30. The SMILES string of the molecule is Cc1cnc(CCc2cccc([N+](=O)[O-])c2)o1. The van der Waals surface area contributed by atoms with Gasteiger partial charge in [-0.05, 0) is 18.9 Å². The number of hydrogen-bond donors (Lipinski definition) is 0. The second-order valence-electron chi connectivity index (χ2n) is 3.79. The van der Waals surface area contributed by atoms with E-state index in [4.69, 9.17) is 4.42 Å². The highest BCUT2D eigenvalue weighted by Crippen LogP contribution is 2.15. The molecule has 0 spiro atoms. The fourth-order valence-corrected chi connectivity index (χ4v) is 1.59. The van der Waals surface area contributed by atoms with Gasteiger partial charge in [0.15, 0.2) is 5.89 Å². The number of benzene rings is 1. The summed E-state index contributed by atoms with van der Waals surface area (Å²) in [6.07, 6.45) is 3.00. The zero-order valence-electron chi connectivity index (χ0n) is 9.42. The smallest absolute Gasteiger partial charge is 0.269 e. The van der Waals surface area contributed by atoms with E-state index in [0.29, 0.717) is 18.7 Å². The fraction of sp³-hybridized carbons (Fsp3) is 0.250. The van der Waals surface area contributed by atoms with Crippen LogP contribution in [0, 0.1) is 17.0 Å². The highest BCUT2D eigenvalue weighted by atomic mass is 16.6. The monoisotopic (exact) mass is 232 g/mol. The third-order valence-electron chi connectivity index (χ3n) is 2.42. The summed E-state index contributed by atoms with van der Waals surface area (Å²) < 4.78 is 5.34. The largest absolute Gasteiger partial charge is 0.446 e. The molecule has 0 N–H and O–H groups in total. The lowest BCUT2D eigenvalue weighted by atomic mass is 10.1. The Bertz CT molecular complexity index is 534. The summed E-state index contributed by atoms with van der Waals surface area (Å²) in [5.41, 5.74) is 1.03. The van der Waals surface area contributed by atoms with Crippen LogP contribution >= 0.6 is 0 Å². The highest BCUT2D eigenvalue weighted by Gasteiger charge is 2.07. The molecule has 0 aliphatic heterocycles. The molecule has 0 saturated carbocycles. The van der Waals surface area contributed by atoms with Crippen LogP contribution in [0.25, 0.3) is 0 Å². The summed E-state index contributed by atoms with van der Waals surface area (Å²) >= 11 is 0. The van der Waals surface area contributed by atoms with E-state index in [-0.39, 0.29) is 5.69 Å². The van der Waals surface area contributed by atoms with Crippen molar-refractivity contribution in [1.29, 1.82) is 0 Å². The van der Waals surface area contributed by atoms with Crippen LogP contribution in [0.1, 0.15) is 17.2 Å². The molecule has 0 unspecified atom stereocenters. The lowest BCUT2D eigenvalue weighted by Gasteiger charge is -1.98. The summed E-state index contributed by atoms with van der Waals surface area (Å²) in [6.45, 7) is 1.84. The maximum Gasteiger partial charge on any atom is 0.269 e. The Balaban J connectivity index is 2.04. The van der Waals surface area contributed by atoms with Crippen molar-refractivity contribution in [1.82, 2.24) is 4.98 Å². The first-order chi connectivity index (χ1) is 8.15. The van der Waals surface area contributed by atoms with Gasteiger partial charge in [0.1, 0.15) is 5.76 Å². The zero-order chi connectivity index (χ0) is 12.3. The average Bonchev–Trinajstić information content (AvgIpc) is 2.73. The van der Waals surface area contributed by atoms with Gasteiger partial charge in [0.25, 0.3) is 5.69 Å². The summed E-state index contributed by atoms with van der Waals surface area (Å²) in [7, 11) is 0. The Morgan fingerprint density at radius 3 is 2.88 bits per heavy atom. The van der Waals surface area contributed by atoms with Crippen LogP contribution < -0.4 is 0 Å². The van der Waals surface area contributed by atoms with Crippen molar-refractivity contribution < 1.29 is 9.34 Å². The molecule has 2 aromatic rings. The van der Waals surface area contributed by atoms with E-state index in [0.717, 1.165) is 11.3 Å². The average molecular weight is 232 g/mol. The first kappa shape index (κ1) is 11.3. The molecular weight excluding hydrogens is 220 g/mol. The number of aryl methyl sites for hydroxylation is 3. The van der Waals surface area contributed by atoms with Crippen molar-refractivity contribution in [3.63, 3.8) is 0 Å². The molecule has 0 bridgehead atoms. The van der Waals surface area contributed by atoms with Gasteiger partial charge >= 0.3 is 0 Å². The van der Waals surface area contributed by atoms with Gasteiger partial charge in [-0.15, -0.1) is 0 Å². The van der Waals surface area contributed by atoms with Gasteiger partial charge in [0.05, 0.1) is 11.1 Å². The van der Waals surface area contributed by atoms with E-state index in [2.05, 4.69) is 4.98 Å². The first-order valence-corrected chi connectivity index (χ1v) is 5.30. The second-order valence-corrected chi connectivity index (χ2v) is 3.79. The molecule has 0 radical (unpaired) electrons. The number of oxazole rings is 1. The van der Waals surface area contributed by atoms with Gasteiger partial charge in [0.2, 0.25) is 0 Å². The van der Waals surface area contributed by atoms with Crippen molar-refractivity contribution in [2.24, 2.45) is 0 Å². The molecule has 5 nitrogen and oxygen atoms in total. The summed E-state index contributed by atoms with van der Waals surface area (Å²) in [6, 6.07) is 6.62. The molecule has 0 aliphatic carbocycles. The van der Waals surface area contributed by atoms with E-state index < -0.39 is 4.92 Å². The number of aromatic nitrogens is 1. The summed E-state index contributed by atoms with van der Waals surface area (Å²) in [4.78, 5) is 14.3. The Morgan fingerprint density at radius 1 is 1.41 bits per heavy atom. The predicted molar refractivity (Wildman–Crippen MR) is 61.7 cm³/mol. The Hall–Kier alpha value is -2.17. The minimum atomic E-state index is -0.390. The van der Waals surface area contributed by atoms with Crippen LogP contribution in [0.4, 0.5) is 5.69 Å². The quantitative estimate of drug-likeness (QED) is 0.600. The van der Waals surface area contributed by atoms with Crippen LogP contribution in [-0.2, 0) is 12.8 Å². The van der Waals surface area contributed by atoms with Crippen molar-refractivity contribution in [3.05, 3.63) is 57.8 Å². The molecule has 0 saturated heterocycles. The molecule has 0 aliphatic rings. The van der Waals surface area contributed by atoms with Gasteiger partial charge in [-0.3, -0.25) is 10.1 Å². The van der Waals surface area contributed by atoms with E-state index in [9.17, 15) is 10.1 Å². The summed E-state index contributed by atoms with van der Waals surface area (Å²) in [5.74, 6) is 1.44. The topological polar surface area (TPSA) is 69.2 Å². The maximum absolute atomic E-state index is 10.6. The van der Waals surface area contributed by atoms with Gasteiger partial charge in [0, 0.05) is 18.6 Å². The van der Waals surface area contributed by atoms with E-state index in [1.54, 1.807) is 18.3 Å². The molecule has 0 atom stereocenters. The second kappa shape index (κ2) is 4.78. The van der Waals surface area contributed by atoms with Crippen LogP contribution in [0.5, 0.6) is 0 Å². The molecule has 88 valence electrons. The Labute approximate surface area is 98.3 Å². The van der Waals surface area contributed by atoms with Crippen molar-refractivity contribution in [2.45, 2.75) is 19.8 Å². The number of nitro benzene ring substituents is 1. The molecule has 1 heterocycles. The van der Waals surface area contributed by atoms with Gasteiger partial charge in [-0.1, -0.05) is 12.1 Å². The van der Waals surface area contributed by atoms with Gasteiger partial charge < -0.3 is 4.42 Å². The minimum Gasteiger partial charge on any atom is -0.446 e. The van der Waals surface area contributed by atoms with Crippen LogP contribution in [-0.4, -0.2) is 9.91 Å². The molecule has 0 amide bonds. The van der Waals surface area contributed by atoms with Crippen LogP contribution in [0.15, 0.2) is 34.9 Å². The third kappa shape index (κ3) is 2.90. The highest BCUT2D eigenvalue weighted by molar-refractivity contribution is 5.34. The van der Waals surface area contributed by atoms with Gasteiger partial charge in [-0.25, -0.2) is 4.98 Å². The van der Waals surface area contributed by atoms with E-state index >= 15 is 0 Å². The minimum absolute atomic E-state index is 0.117. The van der Waals surface area contributed by atoms with E-state index in [1.165, 1.54) is 6.07 Å². The lowest BCUT2D eigenvalue weighted by molar-refractivity contribution is -0.384. The third-order valence-corrected chi connectivity index (χ3v) is 2.42. The standard InChI is InChI=1S/C12H12N2O3/c1-9-8-13-12(17-9)6-5-10-3-2-4-11(7-10)14(15)16/h2-4,7-8H,5-6H2,1H3. The number of rotatable bonds is 4. The summed E-state index contributed by atoms with van der Waals surface area (Å²) in [5, 5.41) is 10.6. The normalized spacial score (nSPS) is 10.4. The van der Waals surface area contributed by atoms with Crippen molar-refractivity contribution in [2.75, 3.05) is 0 Å². The number of nitro groups is 1. The van der Waals surface area contributed by atoms with E-state index in [1.807, 2.05) is 13.0 Å². The van der Waals surface area contributed by atoms with Crippen molar-refractivity contribution >= 4 is 5.69 Å². The maximum atomic E-state index is 10.6. The molecule has 17 heavy (non-hydrogen) atoms. The molecular formula is C12H12N2O3. The molecule has 1 aromatic carbocycles. The Kier molecular flexibility index (Phi) is 3.18. The van der Waals surface area contributed by atoms with Crippen LogP contribution in [0.3, 0.4) is 0 Å². The predicted octanol–water partition coefficient (Wildman–Crippen LogP) is 2.68. The molecule has 0 fully saturated rings. The van der Waals surface area contributed by atoms with Gasteiger partial charge in [-0.2, -0.15) is 0 Å². The molecule has 1 aromatic heterocycles. The lowest BCUT2D eigenvalue weighted by Crippen LogP contribution is -1.93. The number of nitrogens with zero attached hydrogens (tertiary/aromatic N) is 2.